The lowest BCUT2D eigenvalue weighted by Gasteiger charge is -2.05. The summed E-state index contributed by atoms with van der Waals surface area (Å²) in [5.41, 5.74) is 0. The minimum Gasteiger partial charge on any atom is -0.434 e. The van der Waals surface area contributed by atoms with Crippen LogP contribution >= 0.6 is 0 Å². The van der Waals surface area contributed by atoms with Crippen molar-refractivity contribution < 1.29 is 14.3 Å². The number of hydrogen-bond donors (Lipinski definition) is 0. The van der Waals surface area contributed by atoms with Gasteiger partial charge in [0.1, 0.15) is 0 Å². The van der Waals surface area contributed by atoms with Crippen LogP contribution in [-0.4, -0.2) is 19.4 Å². The molecule has 0 rings (SSSR count). The SMILES string of the molecule is CCCCCCCC/C=C\CCCCCCCCCCCCOC(=O)OCCCC. The van der Waals surface area contributed by atoms with Crippen LogP contribution in [0, 0.1) is 0 Å². The van der Waals surface area contributed by atoms with E-state index >= 15 is 0 Å². The van der Waals surface area contributed by atoms with Crippen LogP contribution in [0.3, 0.4) is 0 Å². The van der Waals surface area contributed by atoms with Crippen LogP contribution in [0.2, 0.25) is 0 Å². The van der Waals surface area contributed by atoms with Crippen molar-refractivity contribution in [2.24, 2.45) is 0 Å². The lowest BCUT2D eigenvalue weighted by Crippen LogP contribution is -2.09. The van der Waals surface area contributed by atoms with Gasteiger partial charge in [-0.15, -0.1) is 0 Å². The van der Waals surface area contributed by atoms with Gasteiger partial charge in [0.15, 0.2) is 0 Å². The third-order valence-electron chi connectivity index (χ3n) is 5.59. The predicted octanol–water partition coefficient (Wildman–Crippen LogP) is 9.54. The summed E-state index contributed by atoms with van der Waals surface area (Å²) in [6, 6.07) is 0. The number of rotatable bonds is 23. The van der Waals surface area contributed by atoms with Gasteiger partial charge in [0.05, 0.1) is 13.2 Å². The molecule has 30 heavy (non-hydrogen) atoms. The van der Waals surface area contributed by atoms with Crippen molar-refractivity contribution in [3.8, 4) is 0 Å². The van der Waals surface area contributed by atoms with Crippen molar-refractivity contribution in [1.29, 1.82) is 0 Å². The maximum absolute atomic E-state index is 11.3. The van der Waals surface area contributed by atoms with Crippen molar-refractivity contribution in [2.75, 3.05) is 13.2 Å². The number of allylic oxidation sites excluding steroid dienone is 2. The molecule has 0 radical (unpaired) electrons. The highest BCUT2D eigenvalue weighted by molar-refractivity contribution is 5.59. The molecule has 0 aromatic rings. The van der Waals surface area contributed by atoms with Gasteiger partial charge in [0, 0.05) is 0 Å². The van der Waals surface area contributed by atoms with Gasteiger partial charge in [-0.1, -0.05) is 116 Å². The van der Waals surface area contributed by atoms with Gasteiger partial charge in [-0.3, -0.25) is 0 Å². The third kappa shape index (κ3) is 25.0. The second-order valence-electron chi connectivity index (χ2n) is 8.65. The topological polar surface area (TPSA) is 35.5 Å². The zero-order chi connectivity index (χ0) is 22.0. The van der Waals surface area contributed by atoms with Gasteiger partial charge in [0.2, 0.25) is 0 Å². The maximum atomic E-state index is 11.3. The first-order valence-corrected chi connectivity index (χ1v) is 13.3. The fourth-order valence-corrected chi connectivity index (χ4v) is 3.55. The fraction of sp³-hybridized carbons (Fsp3) is 0.889. The summed E-state index contributed by atoms with van der Waals surface area (Å²) in [6.07, 6.45) is 30.0. The number of hydrogen-bond acceptors (Lipinski definition) is 3. The quantitative estimate of drug-likeness (QED) is 0.0930. The second kappa shape index (κ2) is 26.0. The molecule has 0 saturated heterocycles. The summed E-state index contributed by atoms with van der Waals surface area (Å²) in [5, 5.41) is 0. The summed E-state index contributed by atoms with van der Waals surface area (Å²) in [6.45, 7) is 5.33. The van der Waals surface area contributed by atoms with E-state index in [9.17, 15) is 4.79 Å². The Hall–Kier alpha value is -0.990. The molecule has 0 N–H and O–H groups in total. The Bertz CT molecular complexity index is 365. The Morgan fingerprint density at radius 1 is 0.500 bits per heavy atom. The van der Waals surface area contributed by atoms with Gasteiger partial charge in [-0.05, 0) is 38.5 Å². The summed E-state index contributed by atoms with van der Waals surface area (Å²) in [4.78, 5) is 11.3. The van der Waals surface area contributed by atoms with Crippen LogP contribution in [0.5, 0.6) is 0 Å². The Morgan fingerprint density at radius 2 is 0.867 bits per heavy atom. The fourth-order valence-electron chi connectivity index (χ4n) is 3.55. The highest BCUT2D eigenvalue weighted by atomic mass is 16.7. The predicted molar refractivity (Wildman–Crippen MR) is 130 cm³/mol. The summed E-state index contributed by atoms with van der Waals surface area (Å²) >= 11 is 0. The molecular formula is C27H52O3. The molecular weight excluding hydrogens is 372 g/mol. The number of unbranched alkanes of at least 4 members (excludes halogenated alkanes) is 17. The zero-order valence-corrected chi connectivity index (χ0v) is 20.4. The van der Waals surface area contributed by atoms with Gasteiger partial charge >= 0.3 is 6.16 Å². The Morgan fingerprint density at radius 3 is 1.33 bits per heavy atom. The molecule has 0 amide bonds. The zero-order valence-electron chi connectivity index (χ0n) is 20.4. The average Bonchev–Trinajstić information content (AvgIpc) is 2.75. The van der Waals surface area contributed by atoms with Crippen LogP contribution in [-0.2, 0) is 9.47 Å². The highest BCUT2D eigenvalue weighted by Crippen LogP contribution is 2.12. The van der Waals surface area contributed by atoms with Crippen molar-refractivity contribution in [1.82, 2.24) is 0 Å². The van der Waals surface area contributed by atoms with Crippen LogP contribution in [0.25, 0.3) is 0 Å². The van der Waals surface area contributed by atoms with Crippen LogP contribution < -0.4 is 0 Å². The highest BCUT2D eigenvalue weighted by Gasteiger charge is 2.02. The first-order chi connectivity index (χ1) is 14.8. The van der Waals surface area contributed by atoms with Crippen molar-refractivity contribution >= 4 is 6.16 Å². The maximum Gasteiger partial charge on any atom is 0.508 e. The van der Waals surface area contributed by atoms with E-state index in [1.165, 1.54) is 103 Å². The third-order valence-corrected chi connectivity index (χ3v) is 5.59. The molecule has 0 heterocycles. The van der Waals surface area contributed by atoms with Crippen LogP contribution in [0.1, 0.15) is 142 Å². The van der Waals surface area contributed by atoms with Gasteiger partial charge < -0.3 is 9.47 Å². The van der Waals surface area contributed by atoms with E-state index in [1.807, 2.05) is 0 Å². The molecule has 0 aromatic heterocycles. The Kier molecular flexibility index (Phi) is 25.2. The Balaban J connectivity index is 3.12. The average molecular weight is 425 g/mol. The monoisotopic (exact) mass is 424 g/mol. The molecule has 0 fully saturated rings. The molecule has 0 aliphatic heterocycles. The molecule has 0 aliphatic rings. The van der Waals surface area contributed by atoms with Crippen molar-refractivity contribution in [3.63, 3.8) is 0 Å². The van der Waals surface area contributed by atoms with E-state index in [1.54, 1.807) is 0 Å². The standard InChI is InChI=1S/C27H52O3/c1-3-5-7-8-9-10-11-12-13-14-15-16-17-18-19-20-21-22-23-24-26-30-27(28)29-25-6-4-2/h12-13H,3-11,14-26H2,1-2H3/b13-12-. The number of ether oxygens (including phenoxy) is 2. The molecule has 0 aliphatic carbocycles. The molecule has 3 nitrogen and oxygen atoms in total. The lowest BCUT2D eigenvalue weighted by atomic mass is 10.1. The van der Waals surface area contributed by atoms with E-state index in [0.717, 1.165) is 25.7 Å². The van der Waals surface area contributed by atoms with E-state index in [0.29, 0.717) is 13.2 Å². The van der Waals surface area contributed by atoms with Crippen LogP contribution in [0.4, 0.5) is 4.79 Å². The van der Waals surface area contributed by atoms with Crippen LogP contribution in [0.15, 0.2) is 12.2 Å². The minimum absolute atomic E-state index is 0.477. The molecule has 0 bridgehead atoms. The summed E-state index contributed by atoms with van der Waals surface area (Å²) < 4.78 is 10.0. The molecule has 0 saturated carbocycles. The molecule has 3 heteroatoms. The van der Waals surface area contributed by atoms with Gasteiger partial charge in [0.25, 0.3) is 0 Å². The van der Waals surface area contributed by atoms with E-state index in [4.69, 9.17) is 9.47 Å². The molecule has 0 atom stereocenters. The van der Waals surface area contributed by atoms with E-state index in [-0.39, 0.29) is 0 Å². The molecule has 0 spiro atoms. The normalized spacial score (nSPS) is 11.3. The summed E-state index contributed by atoms with van der Waals surface area (Å²) in [7, 11) is 0. The van der Waals surface area contributed by atoms with E-state index in [2.05, 4.69) is 26.0 Å². The molecule has 0 unspecified atom stereocenters. The van der Waals surface area contributed by atoms with Crippen molar-refractivity contribution in [3.05, 3.63) is 12.2 Å². The first-order valence-electron chi connectivity index (χ1n) is 13.3. The number of carbonyl (C=O) groups excluding carboxylic acids is 1. The van der Waals surface area contributed by atoms with Gasteiger partial charge in [-0.25, -0.2) is 4.79 Å². The smallest absolute Gasteiger partial charge is 0.434 e. The molecule has 178 valence electrons. The second-order valence-corrected chi connectivity index (χ2v) is 8.65. The lowest BCUT2D eigenvalue weighted by molar-refractivity contribution is 0.0532. The summed E-state index contributed by atoms with van der Waals surface area (Å²) in [5.74, 6) is 0. The van der Waals surface area contributed by atoms with Crippen molar-refractivity contribution in [2.45, 2.75) is 142 Å². The Labute approximate surface area is 188 Å². The van der Waals surface area contributed by atoms with Gasteiger partial charge in [-0.2, -0.15) is 0 Å². The molecule has 0 aromatic carbocycles. The minimum atomic E-state index is -0.503. The van der Waals surface area contributed by atoms with E-state index < -0.39 is 6.16 Å². The largest absolute Gasteiger partial charge is 0.508 e. The number of carbonyl (C=O) groups is 1. The first kappa shape index (κ1) is 29.0.